The second kappa shape index (κ2) is 8.00. The number of nitrogens with one attached hydrogen (secondary N) is 1. The van der Waals surface area contributed by atoms with E-state index in [1.165, 1.54) is 11.8 Å². The summed E-state index contributed by atoms with van der Waals surface area (Å²) in [5.41, 5.74) is 0.197. The van der Waals surface area contributed by atoms with Crippen LogP contribution in [0.25, 0.3) is 0 Å². The average Bonchev–Trinajstić information content (AvgIpc) is 3.02. The number of aromatic amines is 1. The lowest BCUT2D eigenvalue weighted by molar-refractivity contribution is -0.155. The van der Waals surface area contributed by atoms with Crippen LogP contribution in [0.1, 0.15) is 36.6 Å². The van der Waals surface area contributed by atoms with Crippen molar-refractivity contribution in [2.24, 2.45) is 5.41 Å². The molecule has 1 aromatic carbocycles. The van der Waals surface area contributed by atoms with Crippen molar-refractivity contribution in [2.75, 3.05) is 23.7 Å². The van der Waals surface area contributed by atoms with Crippen molar-refractivity contribution in [2.45, 2.75) is 31.2 Å². The molecule has 0 amide bonds. The summed E-state index contributed by atoms with van der Waals surface area (Å²) >= 11 is 2.16. The maximum Gasteiger partial charge on any atom is 0.312 e. The van der Waals surface area contributed by atoms with E-state index >= 15 is 0 Å². The Morgan fingerprint density at radius 1 is 1.21 bits per heavy atom. The van der Waals surface area contributed by atoms with Gasteiger partial charge in [0, 0.05) is 35.3 Å². The maximum atomic E-state index is 12.3. The Kier molecular flexibility index (Phi) is 5.85. The van der Waals surface area contributed by atoms with Gasteiger partial charge in [0.2, 0.25) is 0 Å². The Bertz CT molecular complexity index is 933. The van der Waals surface area contributed by atoms with E-state index in [1.54, 1.807) is 0 Å². The molecule has 3 rings (SSSR count). The average molecular weight is 423 g/mol. The van der Waals surface area contributed by atoms with Crippen molar-refractivity contribution in [3.05, 3.63) is 44.4 Å². The van der Waals surface area contributed by atoms with Gasteiger partial charge >= 0.3 is 16.8 Å². The fourth-order valence-electron chi connectivity index (χ4n) is 3.78. The fraction of sp³-hybridized carbons (Fsp3) is 0.421. The topological polar surface area (TPSA) is 111 Å². The number of nitrogens with zero attached hydrogens (tertiary/aromatic N) is 1. The molecular formula is C19H22N2O5S2. The molecule has 28 heavy (non-hydrogen) atoms. The van der Waals surface area contributed by atoms with Crippen LogP contribution in [0.5, 0.6) is 0 Å². The second-order valence-electron chi connectivity index (χ2n) is 6.73. The fourth-order valence-corrected chi connectivity index (χ4v) is 6.34. The first-order valence-electron chi connectivity index (χ1n) is 8.98. The number of anilines is 1. The molecule has 9 heteroatoms. The Labute approximate surface area is 170 Å². The summed E-state index contributed by atoms with van der Waals surface area (Å²) in [5, 5.41) is 20.1. The molecule has 0 radical (unpaired) electrons. The SMILES string of the molecule is CCN(CC)c1ccc([C@H]2c3sc(=O)[nH]c3SC[C@]2(CC(=O)O)C(=O)O)cc1. The van der Waals surface area contributed by atoms with Gasteiger partial charge in [-0.2, -0.15) is 0 Å². The van der Waals surface area contributed by atoms with Crippen LogP contribution < -0.4 is 9.77 Å². The third-order valence-corrected chi connectivity index (χ3v) is 7.53. The molecule has 7 nitrogen and oxygen atoms in total. The van der Waals surface area contributed by atoms with E-state index in [-0.39, 0.29) is 10.6 Å². The van der Waals surface area contributed by atoms with Gasteiger partial charge < -0.3 is 20.1 Å². The molecule has 0 saturated carbocycles. The molecule has 1 aromatic heterocycles. The van der Waals surface area contributed by atoms with Gasteiger partial charge in [-0.3, -0.25) is 14.4 Å². The number of H-pyrrole nitrogens is 1. The quantitative estimate of drug-likeness (QED) is 0.629. The first-order chi connectivity index (χ1) is 13.3. The summed E-state index contributed by atoms with van der Waals surface area (Å²) in [6, 6.07) is 7.54. The molecule has 0 aliphatic carbocycles. The molecule has 0 bridgehead atoms. The van der Waals surface area contributed by atoms with Crippen LogP contribution in [-0.4, -0.2) is 46.0 Å². The van der Waals surface area contributed by atoms with Crippen LogP contribution in [0.2, 0.25) is 0 Å². The minimum atomic E-state index is -1.52. The van der Waals surface area contributed by atoms with Crippen LogP contribution in [0, 0.1) is 5.41 Å². The number of hydrogen-bond acceptors (Lipinski definition) is 6. The van der Waals surface area contributed by atoms with E-state index in [0.29, 0.717) is 15.5 Å². The van der Waals surface area contributed by atoms with Crippen molar-refractivity contribution < 1.29 is 19.8 Å². The van der Waals surface area contributed by atoms with Gasteiger partial charge in [-0.25, -0.2) is 0 Å². The Balaban J connectivity index is 2.15. The lowest BCUT2D eigenvalue weighted by atomic mass is 9.70. The summed E-state index contributed by atoms with van der Waals surface area (Å²) < 4.78 is 0. The molecule has 1 aliphatic rings. The molecule has 2 aromatic rings. The van der Waals surface area contributed by atoms with E-state index in [1.807, 2.05) is 24.3 Å². The summed E-state index contributed by atoms with van der Waals surface area (Å²) in [6.07, 6.45) is -0.511. The number of aromatic nitrogens is 1. The molecule has 2 atom stereocenters. The minimum Gasteiger partial charge on any atom is -0.481 e. The van der Waals surface area contributed by atoms with E-state index in [9.17, 15) is 24.6 Å². The lowest BCUT2D eigenvalue weighted by Gasteiger charge is -2.39. The summed E-state index contributed by atoms with van der Waals surface area (Å²) in [5.74, 6) is -2.95. The van der Waals surface area contributed by atoms with Gasteiger partial charge in [-0.15, -0.1) is 11.8 Å². The number of aliphatic carboxylic acids is 2. The summed E-state index contributed by atoms with van der Waals surface area (Å²) in [4.78, 5) is 41.0. The zero-order valence-electron chi connectivity index (χ0n) is 15.6. The number of benzene rings is 1. The maximum absolute atomic E-state index is 12.3. The van der Waals surface area contributed by atoms with Crippen LogP contribution in [0.15, 0.2) is 34.1 Å². The number of fused-ring (bicyclic) bond motifs is 1. The smallest absolute Gasteiger partial charge is 0.312 e. The number of hydrogen-bond donors (Lipinski definition) is 3. The predicted octanol–water partition coefficient (Wildman–Crippen LogP) is 3.07. The van der Waals surface area contributed by atoms with E-state index < -0.39 is 29.7 Å². The number of carboxylic acids is 2. The first-order valence-corrected chi connectivity index (χ1v) is 10.8. The van der Waals surface area contributed by atoms with Crippen molar-refractivity contribution in [3.8, 4) is 0 Å². The van der Waals surface area contributed by atoms with Crippen molar-refractivity contribution in [1.29, 1.82) is 0 Å². The van der Waals surface area contributed by atoms with Gasteiger partial charge in [-0.05, 0) is 31.5 Å². The standard InChI is InChI=1S/C19H22N2O5S2/c1-3-21(4-2)12-7-5-11(6-8-12)14-15-16(20-18(26)28-15)27-10-19(14,17(24)25)9-13(22)23/h5-8,14H,3-4,9-10H2,1-2H3,(H,20,26)(H,22,23)(H,24,25)/t14-,19-/m0/s1. The monoisotopic (exact) mass is 422 g/mol. The van der Waals surface area contributed by atoms with Gasteiger partial charge in [0.1, 0.15) is 0 Å². The van der Waals surface area contributed by atoms with E-state index in [0.717, 1.165) is 30.1 Å². The number of thioether (sulfide) groups is 1. The highest BCUT2D eigenvalue weighted by atomic mass is 32.2. The van der Waals surface area contributed by atoms with Crippen molar-refractivity contribution in [3.63, 3.8) is 0 Å². The predicted molar refractivity (Wildman–Crippen MR) is 110 cm³/mol. The molecule has 0 saturated heterocycles. The first kappa shape index (κ1) is 20.5. The number of rotatable bonds is 7. The van der Waals surface area contributed by atoms with E-state index in [4.69, 9.17) is 0 Å². The lowest BCUT2D eigenvalue weighted by Crippen LogP contribution is -2.44. The van der Waals surface area contributed by atoms with Gasteiger partial charge in [0.15, 0.2) is 0 Å². The minimum absolute atomic E-state index is 0.0801. The highest BCUT2D eigenvalue weighted by Gasteiger charge is 2.53. The van der Waals surface area contributed by atoms with Gasteiger partial charge in [0.25, 0.3) is 0 Å². The Morgan fingerprint density at radius 2 is 1.86 bits per heavy atom. The molecule has 150 valence electrons. The highest BCUT2D eigenvalue weighted by Crippen LogP contribution is 2.54. The van der Waals surface area contributed by atoms with Crippen LogP contribution >= 0.6 is 23.1 Å². The normalized spacial score (nSPS) is 21.1. The Morgan fingerprint density at radius 3 is 2.39 bits per heavy atom. The summed E-state index contributed by atoms with van der Waals surface area (Å²) in [7, 11) is 0. The number of thiazole rings is 1. The molecule has 1 aliphatic heterocycles. The molecule has 0 spiro atoms. The van der Waals surface area contributed by atoms with Gasteiger partial charge in [0.05, 0.1) is 16.9 Å². The van der Waals surface area contributed by atoms with Crippen LogP contribution in [-0.2, 0) is 9.59 Å². The Hall–Kier alpha value is -2.26. The van der Waals surface area contributed by atoms with Crippen molar-refractivity contribution >= 4 is 40.7 Å². The number of carbonyl (C=O) groups is 2. The molecule has 0 unspecified atom stereocenters. The molecule has 2 heterocycles. The largest absolute Gasteiger partial charge is 0.481 e. The molecule has 0 fully saturated rings. The third-order valence-electron chi connectivity index (χ3n) is 5.18. The number of carboxylic acid groups (broad SMARTS) is 2. The van der Waals surface area contributed by atoms with E-state index in [2.05, 4.69) is 23.7 Å². The highest BCUT2D eigenvalue weighted by molar-refractivity contribution is 7.99. The molecular weight excluding hydrogens is 400 g/mol. The third kappa shape index (κ3) is 3.56. The zero-order chi connectivity index (χ0) is 20.5. The zero-order valence-corrected chi connectivity index (χ0v) is 17.2. The summed E-state index contributed by atoms with van der Waals surface area (Å²) in [6.45, 7) is 5.80. The van der Waals surface area contributed by atoms with Crippen LogP contribution in [0.4, 0.5) is 5.69 Å². The molecule has 3 N–H and O–H groups in total. The van der Waals surface area contributed by atoms with Crippen LogP contribution in [0.3, 0.4) is 0 Å². The second-order valence-corrected chi connectivity index (χ2v) is 8.73. The van der Waals surface area contributed by atoms with Gasteiger partial charge in [-0.1, -0.05) is 23.5 Å². The van der Waals surface area contributed by atoms with Crippen molar-refractivity contribution in [1.82, 2.24) is 4.98 Å².